The molecule has 1 aromatic carbocycles. The fraction of sp³-hybridized carbons (Fsp3) is 0.500. The molecule has 0 amide bonds. The number of rotatable bonds is 3. The number of hydrogen-bond acceptors (Lipinski definition) is 2. The molecule has 0 fully saturated rings. The van der Waals surface area contributed by atoms with Gasteiger partial charge in [-0.3, -0.25) is 0 Å². The molecule has 1 aliphatic heterocycles. The number of benzene rings is 1. The van der Waals surface area contributed by atoms with Crippen LogP contribution in [0.15, 0.2) is 18.2 Å². The van der Waals surface area contributed by atoms with E-state index in [1.807, 2.05) is 0 Å². The van der Waals surface area contributed by atoms with Gasteiger partial charge in [-0.25, -0.2) is 0 Å². The molecule has 1 N–H and O–H groups in total. The van der Waals surface area contributed by atoms with Crippen molar-refractivity contribution >= 4 is 5.69 Å². The van der Waals surface area contributed by atoms with Crippen LogP contribution in [0.25, 0.3) is 0 Å². The first-order valence-electron chi connectivity index (χ1n) is 5.25. The predicted molar refractivity (Wildman–Crippen MR) is 59.0 cm³/mol. The van der Waals surface area contributed by atoms with Crippen molar-refractivity contribution in [1.82, 2.24) is 0 Å². The molecule has 0 aromatic heterocycles. The van der Waals surface area contributed by atoms with Gasteiger partial charge in [0.05, 0.1) is 6.61 Å². The summed E-state index contributed by atoms with van der Waals surface area (Å²) in [7, 11) is 0. The van der Waals surface area contributed by atoms with Crippen LogP contribution in [0.4, 0.5) is 5.69 Å². The molecule has 1 aromatic rings. The normalized spacial score (nSPS) is 13.9. The van der Waals surface area contributed by atoms with Crippen molar-refractivity contribution in [1.29, 1.82) is 0 Å². The molecule has 0 aliphatic carbocycles. The Morgan fingerprint density at radius 1 is 1.43 bits per heavy atom. The van der Waals surface area contributed by atoms with Crippen LogP contribution in [0.1, 0.15) is 19.4 Å². The molecule has 0 radical (unpaired) electrons. The van der Waals surface area contributed by atoms with Crippen molar-refractivity contribution in [2.75, 3.05) is 18.5 Å². The highest BCUT2D eigenvalue weighted by Gasteiger charge is 2.10. The molecule has 0 saturated heterocycles. The molecule has 1 aliphatic rings. The summed E-state index contributed by atoms with van der Waals surface area (Å²) in [6.07, 6.45) is 1.14. The minimum atomic E-state index is 0.580. The molecule has 14 heavy (non-hydrogen) atoms. The Morgan fingerprint density at radius 2 is 2.29 bits per heavy atom. The Morgan fingerprint density at radius 3 is 3.07 bits per heavy atom. The second kappa shape index (κ2) is 3.91. The van der Waals surface area contributed by atoms with E-state index in [0.717, 1.165) is 25.3 Å². The summed E-state index contributed by atoms with van der Waals surface area (Å²) in [6, 6.07) is 6.32. The summed E-state index contributed by atoms with van der Waals surface area (Å²) in [5, 5.41) is 3.35. The lowest BCUT2D eigenvalue weighted by molar-refractivity contribution is 0.271. The summed E-state index contributed by atoms with van der Waals surface area (Å²) in [5.41, 5.74) is 2.65. The molecule has 2 nitrogen and oxygen atoms in total. The summed E-state index contributed by atoms with van der Waals surface area (Å²) in [5.74, 6) is 1.56. The molecule has 76 valence electrons. The minimum Gasteiger partial charge on any atom is -0.493 e. The van der Waals surface area contributed by atoms with Gasteiger partial charge in [-0.1, -0.05) is 19.9 Å². The van der Waals surface area contributed by atoms with E-state index in [2.05, 4.69) is 37.4 Å². The van der Waals surface area contributed by atoms with Gasteiger partial charge in [0.1, 0.15) is 5.75 Å². The Bertz CT molecular complexity index is 320. The van der Waals surface area contributed by atoms with Gasteiger partial charge >= 0.3 is 0 Å². The quantitative estimate of drug-likeness (QED) is 0.793. The Labute approximate surface area is 85.3 Å². The van der Waals surface area contributed by atoms with Crippen LogP contribution < -0.4 is 10.1 Å². The van der Waals surface area contributed by atoms with Gasteiger partial charge < -0.3 is 10.1 Å². The van der Waals surface area contributed by atoms with Crippen molar-refractivity contribution in [3.05, 3.63) is 23.8 Å². The fourth-order valence-corrected chi connectivity index (χ4v) is 1.62. The average molecular weight is 191 g/mol. The monoisotopic (exact) mass is 191 g/mol. The van der Waals surface area contributed by atoms with Gasteiger partial charge in [-0.15, -0.1) is 0 Å². The fourth-order valence-electron chi connectivity index (χ4n) is 1.62. The zero-order chi connectivity index (χ0) is 9.97. The zero-order valence-electron chi connectivity index (χ0n) is 8.84. The van der Waals surface area contributed by atoms with E-state index in [-0.39, 0.29) is 0 Å². The summed E-state index contributed by atoms with van der Waals surface area (Å²) in [6.45, 7) is 6.17. The number of ether oxygens (including phenoxy) is 1. The first-order valence-corrected chi connectivity index (χ1v) is 5.25. The number of fused-ring (bicyclic) bond motifs is 1. The van der Waals surface area contributed by atoms with Crippen molar-refractivity contribution in [2.45, 2.75) is 20.3 Å². The third-order valence-corrected chi connectivity index (χ3v) is 2.37. The lowest BCUT2D eigenvalue weighted by Gasteiger charge is -2.09. The van der Waals surface area contributed by atoms with Crippen LogP contribution in [0.3, 0.4) is 0 Å². The van der Waals surface area contributed by atoms with E-state index >= 15 is 0 Å². The highest BCUT2D eigenvalue weighted by Crippen LogP contribution is 2.26. The van der Waals surface area contributed by atoms with Crippen LogP contribution in [-0.4, -0.2) is 13.2 Å². The molecule has 0 atom stereocenters. The zero-order valence-corrected chi connectivity index (χ0v) is 8.84. The van der Waals surface area contributed by atoms with Crippen LogP contribution >= 0.6 is 0 Å². The number of anilines is 1. The third-order valence-electron chi connectivity index (χ3n) is 2.37. The standard InChI is InChI=1S/C12H17NO/c1-9(2)8-14-11-4-3-10-5-6-13-12(10)7-11/h3-4,7,9,13H,5-6,8H2,1-2H3. The van der Waals surface area contributed by atoms with Crippen molar-refractivity contribution in [3.63, 3.8) is 0 Å². The topological polar surface area (TPSA) is 21.3 Å². The minimum absolute atomic E-state index is 0.580. The van der Waals surface area contributed by atoms with Crippen LogP contribution in [0.5, 0.6) is 5.75 Å². The molecule has 0 bridgehead atoms. The molecule has 1 heterocycles. The summed E-state index contributed by atoms with van der Waals surface area (Å²) < 4.78 is 5.65. The lowest BCUT2D eigenvalue weighted by atomic mass is 10.1. The summed E-state index contributed by atoms with van der Waals surface area (Å²) in [4.78, 5) is 0. The number of hydrogen-bond donors (Lipinski definition) is 1. The smallest absolute Gasteiger partial charge is 0.121 e. The maximum Gasteiger partial charge on any atom is 0.121 e. The maximum absolute atomic E-state index is 5.65. The molecule has 0 spiro atoms. The SMILES string of the molecule is CC(C)COc1ccc2c(c1)NCC2. The van der Waals surface area contributed by atoms with E-state index in [1.54, 1.807) is 0 Å². The van der Waals surface area contributed by atoms with E-state index in [0.29, 0.717) is 5.92 Å². The van der Waals surface area contributed by atoms with Crippen LogP contribution in [0, 0.1) is 5.92 Å². The Kier molecular flexibility index (Phi) is 2.62. The van der Waals surface area contributed by atoms with Gasteiger partial charge in [-0.05, 0) is 24.0 Å². The van der Waals surface area contributed by atoms with Gasteiger partial charge in [0.15, 0.2) is 0 Å². The van der Waals surface area contributed by atoms with E-state index in [4.69, 9.17) is 4.74 Å². The van der Waals surface area contributed by atoms with Gasteiger partial charge in [0, 0.05) is 18.3 Å². The second-order valence-electron chi connectivity index (χ2n) is 4.20. The molecular weight excluding hydrogens is 174 g/mol. The first kappa shape index (κ1) is 9.38. The molecule has 0 unspecified atom stereocenters. The molecular formula is C12H17NO. The van der Waals surface area contributed by atoms with Gasteiger partial charge in [0.2, 0.25) is 0 Å². The predicted octanol–water partition coefficient (Wildman–Crippen LogP) is 2.69. The maximum atomic E-state index is 5.65. The van der Waals surface area contributed by atoms with E-state index in [9.17, 15) is 0 Å². The van der Waals surface area contributed by atoms with Gasteiger partial charge in [-0.2, -0.15) is 0 Å². The van der Waals surface area contributed by atoms with Crippen LogP contribution in [0.2, 0.25) is 0 Å². The largest absolute Gasteiger partial charge is 0.493 e. The van der Waals surface area contributed by atoms with E-state index < -0.39 is 0 Å². The molecule has 2 rings (SSSR count). The van der Waals surface area contributed by atoms with Gasteiger partial charge in [0.25, 0.3) is 0 Å². The van der Waals surface area contributed by atoms with Crippen molar-refractivity contribution < 1.29 is 4.74 Å². The lowest BCUT2D eigenvalue weighted by Crippen LogP contribution is -2.04. The second-order valence-corrected chi connectivity index (χ2v) is 4.20. The Balaban J connectivity index is 2.05. The average Bonchev–Trinajstić information content (AvgIpc) is 2.61. The van der Waals surface area contributed by atoms with Crippen LogP contribution in [-0.2, 0) is 6.42 Å². The summed E-state index contributed by atoms with van der Waals surface area (Å²) >= 11 is 0. The number of nitrogens with one attached hydrogen (secondary N) is 1. The highest BCUT2D eigenvalue weighted by atomic mass is 16.5. The van der Waals surface area contributed by atoms with E-state index in [1.165, 1.54) is 11.3 Å². The Hall–Kier alpha value is -1.18. The van der Waals surface area contributed by atoms with Crippen molar-refractivity contribution in [2.24, 2.45) is 5.92 Å². The van der Waals surface area contributed by atoms with Crippen molar-refractivity contribution in [3.8, 4) is 5.75 Å². The molecule has 0 saturated carbocycles. The third kappa shape index (κ3) is 2.00. The first-order chi connectivity index (χ1) is 6.75. The molecule has 2 heteroatoms. The highest BCUT2D eigenvalue weighted by molar-refractivity contribution is 5.58.